The molecule has 0 fully saturated rings. The molecule has 1 aromatic heterocycles. The van der Waals surface area contributed by atoms with Gasteiger partial charge in [0, 0.05) is 5.56 Å². The van der Waals surface area contributed by atoms with Gasteiger partial charge in [0.2, 0.25) is 0 Å². The van der Waals surface area contributed by atoms with E-state index < -0.39 is 16.6 Å². The molecule has 0 amide bonds. The van der Waals surface area contributed by atoms with Crippen LogP contribution in [0, 0.1) is 6.92 Å². The maximum absolute atomic E-state index is 11.7. The molecule has 0 spiro atoms. The van der Waals surface area contributed by atoms with E-state index >= 15 is 0 Å². The summed E-state index contributed by atoms with van der Waals surface area (Å²) in [5.74, 6) is -0.197. The highest BCUT2D eigenvalue weighted by atomic mass is 32.3. The summed E-state index contributed by atoms with van der Waals surface area (Å²) in [6.45, 7) is 1.91. The first-order chi connectivity index (χ1) is 9.37. The van der Waals surface area contributed by atoms with Crippen LogP contribution >= 0.6 is 0 Å². The average molecular weight is 296 g/mol. The summed E-state index contributed by atoms with van der Waals surface area (Å²) in [5.41, 5.74) is 13.0. The van der Waals surface area contributed by atoms with Crippen LogP contribution in [-0.2, 0) is 14.6 Å². The normalized spacial score (nSPS) is 20.1. The summed E-state index contributed by atoms with van der Waals surface area (Å²) in [4.78, 5) is 0. The number of hydrogen-bond donors (Lipinski definition) is 2. The fraction of sp³-hybridized carbons (Fsp3) is 0.182. The Morgan fingerprint density at radius 2 is 1.90 bits per heavy atom. The molecular weight excluding hydrogens is 284 g/mol. The molecule has 1 aliphatic heterocycles. The van der Waals surface area contributed by atoms with Crippen LogP contribution in [0.5, 0.6) is 5.88 Å². The quantitative estimate of drug-likeness (QED) is 0.788. The molecule has 1 unspecified atom stereocenters. The van der Waals surface area contributed by atoms with Gasteiger partial charge >= 0.3 is 10.4 Å². The first-order valence-corrected chi connectivity index (χ1v) is 7.03. The zero-order valence-corrected chi connectivity index (χ0v) is 11.3. The number of rotatable bonds is 1. The lowest BCUT2D eigenvalue weighted by Crippen LogP contribution is -2.22. The van der Waals surface area contributed by atoms with Crippen LogP contribution in [-0.4, -0.2) is 18.2 Å². The second-order valence-corrected chi connectivity index (χ2v) is 5.58. The predicted molar refractivity (Wildman–Crippen MR) is 71.0 cm³/mol. The Labute approximate surface area is 115 Å². The van der Waals surface area contributed by atoms with Gasteiger partial charge in [-0.15, -0.1) is 5.10 Å². The summed E-state index contributed by atoms with van der Waals surface area (Å²) in [7, 11) is -4.26. The Balaban J connectivity index is 2.17. The maximum atomic E-state index is 11.7. The van der Waals surface area contributed by atoms with Crippen molar-refractivity contribution in [1.82, 2.24) is 9.78 Å². The van der Waals surface area contributed by atoms with E-state index in [1.165, 1.54) is 4.68 Å². The van der Waals surface area contributed by atoms with E-state index in [0.717, 1.165) is 5.56 Å². The number of nitrogens with two attached hydrogens (primary N) is 2. The van der Waals surface area contributed by atoms with Crippen LogP contribution in [0.2, 0.25) is 0 Å². The summed E-state index contributed by atoms with van der Waals surface area (Å²) in [5, 5.41) is 3.92. The average Bonchev–Trinajstić information content (AvgIpc) is 2.58. The van der Waals surface area contributed by atoms with Gasteiger partial charge in [-0.25, -0.2) is 8.86 Å². The molecule has 20 heavy (non-hydrogen) atoms. The van der Waals surface area contributed by atoms with Crippen molar-refractivity contribution >= 4 is 21.9 Å². The van der Waals surface area contributed by atoms with Gasteiger partial charge in [-0.1, -0.05) is 29.8 Å². The Hall–Kier alpha value is -2.26. The van der Waals surface area contributed by atoms with Gasteiger partial charge in [0.1, 0.15) is 5.69 Å². The van der Waals surface area contributed by atoms with E-state index in [0.29, 0.717) is 5.56 Å². The van der Waals surface area contributed by atoms with E-state index in [2.05, 4.69) is 9.28 Å². The molecule has 2 aromatic rings. The Morgan fingerprint density at radius 3 is 2.55 bits per heavy atom. The smallest absolute Gasteiger partial charge is 0.391 e. The van der Waals surface area contributed by atoms with Gasteiger partial charge < -0.3 is 15.7 Å². The highest BCUT2D eigenvalue weighted by Gasteiger charge is 2.34. The van der Waals surface area contributed by atoms with E-state index in [9.17, 15) is 8.42 Å². The molecule has 4 N–H and O–H groups in total. The van der Waals surface area contributed by atoms with Crippen molar-refractivity contribution in [2.75, 3.05) is 11.5 Å². The molecule has 1 aliphatic rings. The SMILES string of the molecule is Cc1ccc(C2OS(=O)(=O)Oc3nn2c(N)c3N)cc1. The van der Waals surface area contributed by atoms with Crippen molar-refractivity contribution in [2.45, 2.75) is 13.2 Å². The Kier molecular flexibility index (Phi) is 2.63. The van der Waals surface area contributed by atoms with Crippen LogP contribution in [0.3, 0.4) is 0 Å². The van der Waals surface area contributed by atoms with Crippen LogP contribution in [0.1, 0.15) is 17.4 Å². The standard InChI is InChI=1S/C11H12N4O4S/c1-6-2-4-7(5-3-6)11-15-9(13)8(12)10(14-15)18-20(16,17)19-11/h2-5,11H,12-13H2,1H3. The molecule has 0 aliphatic carbocycles. The number of fused-ring (bicyclic) bond motifs is 2. The molecule has 3 rings (SSSR count). The topological polar surface area (TPSA) is 122 Å². The van der Waals surface area contributed by atoms with Crippen molar-refractivity contribution in [3.63, 3.8) is 0 Å². The molecule has 1 aromatic carbocycles. The lowest BCUT2D eigenvalue weighted by molar-refractivity contribution is 0.161. The van der Waals surface area contributed by atoms with Gasteiger partial charge in [0.15, 0.2) is 12.0 Å². The number of nitrogens with zero attached hydrogens (tertiary/aromatic N) is 2. The minimum absolute atomic E-state index is 0.0333. The Bertz CT molecular complexity index is 766. The van der Waals surface area contributed by atoms with Crippen LogP contribution in [0.15, 0.2) is 24.3 Å². The first-order valence-electron chi connectivity index (χ1n) is 5.70. The monoisotopic (exact) mass is 296 g/mol. The highest BCUT2D eigenvalue weighted by Crippen LogP contribution is 2.36. The highest BCUT2D eigenvalue weighted by molar-refractivity contribution is 7.82. The minimum atomic E-state index is -4.26. The lowest BCUT2D eigenvalue weighted by atomic mass is 10.1. The fourth-order valence-corrected chi connectivity index (χ4v) is 2.65. The van der Waals surface area contributed by atoms with Crippen LogP contribution in [0.25, 0.3) is 0 Å². The summed E-state index contributed by atoms with van der Waals surface area (Å²) < 4.78 is 34.2. The van der Waals surface area contributed by atoms with Crippen molar-refractivity contribution in [1.29, 1.82) is 0 Å². The predicted octanol–water partition coefficient (Wildman–Crippen LogP) is 0.557. The molecule has 2 bridgehead atoms. The van der Waals surface area contributed by atoms with Gasteiger partial charge in [0.25, 0.3) is 5.88 Å². The zero-order chi connectivity index (χ0) is 14.5. The summed E-state index contributed by atoms with van der Waals surface area (Å²) in [6, 6.07) is 7.08. The minimum Gasteiger partial charge on any atom is -0.391 e. The van der Waals surface area contributed by atoms with Gasteiger partial charge in [-0.2, -0.15) is 8.42 Å². The van der Waals surface area contributed by atoms with Gasteiger partial charge in [-0.3, -0.25) is 0 Å². The molecular formula is C11H12N4O4S. The molecule has 106 valence electrons. The van der Waals surface area contributed by atoms with Crippen molar-refractivity contribution in [3.05, 3.63) is 35.4 Å². The van der Waals surface area contributed by atoms with E-state index in [-0.39, 0.29) is 17.4 Å². The molecule has 0 saturated heterocycles. The maximum Gasteiger partial charge on any atom is 0.453 e. The first kappa shape index (κ1) is 12.8. The fourth-order valence-electron chi connectivity index (χ4n) is 1.88. The molecule has 2 heterocycles. The largest absolute Gasteiger partial charge is 0.453 e. The number of aromatic nitrogens is 2. The van der Waals surface area contributed by atoms with Crippen molar-refractivity contribution in [3.8, 4) is 5.88 Å². The molecule has 9 heteroatoms. The molecule has 1 atom stereocenters. The number of aryl methyl sites for hydroxylation is 1. The van der Waals surface area contributed by atoms with Gasteiger partial charge in [-0.05, 0) is 6.92 Å². The third-order valence-electron chi connectivity index (χ3n) is 2.93. The third kappa shape index (κ3) is 1.96. The van der Waals surface area contributed by atoms with Crippen LogP contribution < -0.4 is 15.7 Å². The number of anilines is 2. The van der Waals surface area contributed by atoms with Crippen molar-refractivity contribution < 1.29 is 16.8 Å². The Morgan fingerprint density at radius 1 is 1.25 bits per heavy atom. The molecule has 0 radical (unpaired) electrons. The third-order valence-corrected chi connectivity index (χ3v) is 3.71. The molecule has 0 saturated carbocycles. The number of nitrogen functional groups attached to an aromatic ring is 2. The summed E-state index contributed by atoms with van der Waals surface area (Å²) >= 11 is 0. The van der Waals surface area contributed by atoms with E-state index in [4.69, 9.17) is 15.7 Å². The summed E-state index contributed by atoms with van der Waals surface area (Å²) in [6.07, 6.45) is -1.06. The zero-order valence-electron chi connectivity index (χ0n) is 10.5. The second-order valence-electron chi connectivity index (χ2n) is 4.40. The van der Waals surface area contributed by atoms with Crippen molar-refractivity contribution in [2.24, 2.45) is 0 Å². The lowest BCUT2D eigenvalue weighted by Gasteiger charge is -2.18. The van der Waals surface area contributed by atoms with Gasteiger partial charge in [0.05, 0.1) is 0 Å². The second kappa shape index (κ2) is 4.12. The number of benzene rings is 1. The van der Waals surface area contributed by atoms with Crippen LogP contribution in [0.4, 0.5) is 11.5 Å². The number of hydrogen-bond acceptors (Lipinski definition) is 7. The van der Waals surface area contributed by atoms with E-state index in [1.807, 2.05) is 19.1 Å². The molecule has 8 nitrogen and oxygen atoms in total. The van der Waals surface area contributed by atoms with E-state index in [1.54, 1.807) is 12.1 Å².